The molecule has 0 spiro atoms. The summed E-state index contributed by atoms with van der Waals surface area (Å²) in [5.41, 5.74) is 0.947. The van der Waals surface area contributed by atoms with Crippen LogP contribution in [0.15, 0.2) is 41.2 Å². The van der Waals surface area contributed by atoms with Gasteiger partial charge in [0.15, 0.2) is 0 Å². The fraction of sp³-hybridized carbons (Fsp3) is 0.250. The largest absolute Gasteiger partial charge is 0.456 e. The summed E-state index contributed by atoms with van der Waals surface area (Å²) in [6.45, 7) is 3.15. The first-order valence-corrected chi connectivity index (χ1v) is 9.44. The van der Waals surface area contributed by atoms with Crippen molar-refractivity contribution in [2.24, 2.45) is 0 Å². The highest BCUT2D eigenvalue weighted by Crippen LogP contribution is 2.37. The molecule has 1 aliphatic rings. The molecule has 0 aliphatic carbocycles. The Labute approximate surface area is 165 Å². The molecule has 0 radical (unpaired) electrons. The Bertz CT molecular complexity index is 1090. The predicted octanol–water partition coefficient (Wildman–Crippen LogP) is 5.66. The maximum absolute atomic E-state index is 14.7. The molecular formula is C20H17Cl2FN2O2. The van der Waals surface area contributed by atoms with Crippen LogP contribution in [0.4, 0.5) is 4.39 Å². The molecule has 4 rings (SSSR count). The lowest BCUT2D eigenvalue weighted by molar-refractivity contribution is 0.356. The second-order valence-electron chi connectivity index (χ2n) is 6.61. The van der Waals surface area contributed by atoms with Crippen molar-refractivity contribution >= 4 is 23.2 Å². The first-order chi connectivity index (χ1) is 13.0. The summed E-state index contributed by atoms with van der Waals surface area (Å²) in [4.78, 5) is 12.8. The standard InChI is InChI=1S/C20H17Cl2FN2O2/c1-12-5-4-6-13(9-12)27-17-10-14(16(23)11-15(17)21)18-19(22)24-7-2-3-8-25(24)20(18)26/h4-6,9-11H,2-3,7-8H2,1H3. The Morgan fingerprint density at radius 3 is 2.52 bits per heavy atom. The smallest absolute Gasteiger partial charge is 0.276 e. The average Bonchev–Trinajstić information content (AvgIpc) is 2.89. The van der Waals surface area contributed by atoms with E-state index in [-0.39, 0.29) is 32.6 Å². The quantitative estimate of drug-likeness (QED) is 0.562. The van der Waals surface area contributed by atoms with Crippen molar-refractivity contribution in [2.45, 2.75) is 32.9 Å². The van der Waals surface area contributed by atoms with E-state index < -0.39 is 5.82 Å². The Kier molecular flexibility index (Phi) is 4.74. The van der Waals surface area contributed by atoms with Gasteiger partial charge in [0.05, 0.1) is 10.6 Å². The van der Waals surface area contributed by atoms with E-state index in [9.17, 15) is 9.18 Å². The third kappa shape index (κ3) is 3.26. The van der Waals surface area contributed by atoms with Gasteiger partial charge in [-0.2, -0.15) is 0 Å². The summed E-state index contributed by atoms with van der Waals surface area (Å²) in [6, 6.07) is 10.0. The number of benzene rings is 2. The molecule has 27 heavy (non-hydrogen) atoms. The maximum atomic E-state index is 14.7. The van der Waals surface area contributed by atoms with Crippen molar-refractivity contribution in [3.05, 3.63) is 68.3 Å². The lowest BCUT2D eigenvalue weighted by Crippen LogP contribution is -2.27. The molecule has 2 aromatic carbocycles. The Morgan fingerprint density at radius 2 is 1.81 bits per heavy atom. The molecule has 3 aromatic rings. The molecule has 2 heterocycles. The molecule has 0 saturated carbocycles. The number of hydrogen-bond acceptors (Lipinski definition) is 2. The number of fused-ring (bicyclic) bond motifs is 1. The predicted molar refractivity (Wildman–Crippen MR) is 105 cm³/mol. The molecule has 0 N–H and O–H groups in total. The molecule has 4 nitrogen and oxygen atoms in total. The van der Waals surface area contributed by atoms with Crippen LogP contribution in [0.5, 0.6) is 11.5 Å². The molecule has 7 heteroatoms. The van der Waals surface area contributed by atoms with Crippen molar-refractivity contribution in [2.75, 3.05) is 0 Å². The van der Waals surface area contributed by atoms with Gasteiger partial charge in [0.25, 0.3) is 5.56 Å². The number of ether oxygens (including phenoxy) is 1. The average molecular weight is 407 g/mol. The third-order valence-electron chi connectivity index (χ3n) is 4.67. The van der Waals surface area contributed by atoms with E-state index in [2.05, 4.69) is 0 Å². The van der Waals surface area contributed by atoms with Gasteiger partial charge >= 0.3 is 0 Å². The minimum atomic E-state index is -0.612. The number of hydrogen-bond donors (Lipinski definition) is 0. The van der Waals surface area contributed by atoms with Crippen LogP contribution in [-0.4, -0.2) is 9.36 Å². The summed E-state index contributed by atoms with van der Waals surface area (Å²) in [5, 5.41) is 0.361. The van der Waals surface area contributed by atoms with E-state index in [0.717, 1.165) is 24.5 Å². The maximum Gasteiger partial charge on any atom is 0.276 e. The molecule has 0 fully saturated rings. The molecule has 0 atom stereocenters. The molecule has 1 aromatic heterocycles. The summed E-state index contributed by atoms with van der Waals surface area (Å²) >= 11 is 12.6. The van der Waals surface area contributed by atoms with Gasteiger partial charge in [-0.25, -0.2) is 9.07 Å². The van der Waals surface area contributed by atoms with E-state index in [1.807, 2.05) is 25.1 Å². The van der Waals surface area contributed by atoms with Crippen LogP contribution in [0.25, 0.3) is 11.1 Å². The Balaban J connectivity index is 1.83. The Hall–Kier alpha value is -2.24. The number of rotatable bonds is 3. The Morgan fingerprint density at radius 1 is 1.07 bits per heavy atom. The van der Waals surface area contributed by atoms with Crippen molar-refractivity contribution < 1.29 is 9.13 Å². The molecule has 0 bridgehead atoms. The number of halogens is 3. The molecule has 0 saturated heterocycles. The monoisotopic (exact) mass is 406 g/mol. The highest BCUT2D eigenvalue weighted by atomic mass is 35.5. The van der Waals surface area contributed by atoms with Crippen LogP contribution in [0.2, 0.25) is 10.2 Å². The van der Waals surface area contributed by atoms with E-state index in [1.165, 1.54) is 6.07 Å². The van der Waals surface area contributed by atoms with Gasteiger partial charge in [0, 0.05) is 18.7 Å². The lowest BCUT2D eigenvalue weighted by atomic mass is 10.1. The van der Waals surface area contributed by atoms with E-state index in [4.69, 9.17) is 27.9 Å². The van der Waals surface area contributed by atoms with Crippen LogP contribution in [0, 0.1) is 12.7 Å². The van der Waals surface area contributed by atoms with Crippen LogP contribution < -0.4 is 10.3 Å². The topological polar surface area (TPSA) is 36.2 Å². The van der Waals surface area contributed by atoms with Crippen LogP contribution in [0.3, 0.4) is 0 Å². The third-order valence-corrected chi connectivity index (χ3v) is 5.35. The molecular weight excluding hydrogens is 390 g/mol. The molecule has 0 unspecified atom stereocenters. The summed E-state index contributed by atoms with van der Waals surface area (Å²) < 4.78 is 23.8. The van der Waals surface area contributed by atoms with Crippen molar-refractivity contribution in [1.82, 2.24) is 9.36 Å². The van der Waals surface area contributed by atoms with Gasteiger partial charge in [-0.05, 0) is 49.6 Å². The molecule has 1 aliphatic heterocycles. The zero-order valence-corrected chi connectivity index (χ0v) is 16.1. The fourth-order valence-electron chi connectivity index (χ4n) is 3.36. The van der Waals surface area contributed by atoms with Crippen molar-refractivity contribution in [1.29, 1.82) is 0 Å². The van der Waals surface area contributed by atoms with Gasteiger partial charge in [-0.3, -0.25) is 9.48 Å². The van der Waals surface area contributed by atoms with Crippen LogP contribution >= 0.6 is 23.2 Å². The van der Waals surface area contributed by atoms with Gasteiger partial charge in [0.1, 0.15) is 22.5 Å². The number of aromatic nitrogens is 2. The second-order valence-corrected chi connectivity index (χ2v) is 7.37. The first kappa shape index (κ1) is 18.1. The van der Waals surface area contributed by atoms with E-state index in [0.29, 0.717) is 18.8 Å². The van der Waals surface area contributed by atoms with Gasteiger partial charge < -0.3 is 4.74 Å². The zero-order chi connectivity index (χ0) is 19.1. The van der Waals surface area contributed by atoms with Crippen molar-refractivity contribution in [3.8, 4) is 22.6 Å². The zero-order valence-electron chi connectivity index (χ0n) is 14.6. The highest BCUT2D eigenvalue weighted by Gasteiger charge is 2.25. The summed E-state index contributed by atoms with van der Waals surface area (Å²) in [6.07, 6.45) is 1.82. The SMILES string of the molecule is Cc1cccc(Oc2cc(-c3c(Cl)n4n(c3=O)CCCC4)c(F)cc2Cl)c1. The molecule has 0 amide bonds. The lowest BCUT2D eigenvalue weighted by Gasteiger charge is -2.17. The van der Waals surface area contributed by atoms with Gasteiger partial charge in [-0.1, -0.05) is 35.3 Å². The highest BCUT2D eigenvalue weighted by molar-refractivity contribution is 6.33. The minimum absolute atomic E-state index is 0.0893. The van der Waals surface area contributed by atoms with Gasteiger partial charge in [0.2, 0.25) is 0 Å². The normalized spacial score (nSPS) is 13.5. The number of nitrogens with zero attached hydrogens (tertiary/aromatic N) is 2. The van der Waals surface area contributed by atoms with E-state index in [1.54, 1.807) is 15.4 Å². The van der Waals surface area contributed by atoms with Crippen molar-refractivity contribution in [3.63, 3.8) is 0 Å². The van der Waals surface area contributed by atoms with Gasteiger partial charge in [-0.15, -0.1) is 0 Å². The van der Waals surface area contributed by atoms with Crippen LogP contribution in [-0.2, 0) is 13.1 Å². The number of aryl methyl sites for hydroxylation is 1. The van der Waals surface area contributed by atoms with Crippen LogP contribution in [0.1, 0.15) is 18.4 Å². The first-order valence-electron chi connectivity index (χ1n) is 8.69. The second kappa shape index (κ2) is 7.06. The summed E-state index contributed by atoms with van der Waals surface area (Å²) in [7, 11) is 0. The minimum Gasteiger partial charge on any atom is -0.456 e. The molecule has 140 valence electrons. The van der Waals surface area contributed by atoms with E-state index >= 15 is 0 Å². The fourth-order valence-corrected chi connectivity index (χ4v) is 3.90. The summed E-state index contributed by atoms with van der Waals surface area (Å²) in [5.74, 6) is 0.232.